The second kappa shape index (κ2) is 8.62. The average Bonchev–Trinajstić information content (AvgIpc) is 3.32. The van der Waals surface area contributed by atoms with Crippen LogP contribution in [-0.2, 0) is 17.8 Å². The highest BCUT2D eigenvalue weighted by Gasteiger charge is 2.30. The standard InChI is InChI=1S/C19H22FN3O3/c20-15-4-1-3-14(11-15)8-9-23(16-6-7-16)13-18(24)22-19(25)21-12-17-5-2-10-26-17/h1-5,10-11,16H,6-9,12-13H2,(H2,21,22,24,25). The predicted octanol–water partition coefficient (Wildman–Crippen LogP) is 2.45. The van der Waals surface area contributed by atoms with Gasteiger partial charge in [-0.1, -0.05) is 12.1 Å². The molecule has 1 aliphatic rings. The molecule has 0 bridgehead atoms. The maximum absolute atomic E-state index is 13.3. The SMILES string of the molecule is O=C(CN(CCc1cccc(F)c1)C1CC1)NC(=O)NCc1ccco1. The quantitative estimate of drug-likeness (QED) is 0.759. The third-order valence-corrected chi connectivity index (χ3v) is 4.24. The second-order valence-electron chi connectivity index (χ2n) is 6.39. The lowest BCUT2D eigenvalue weighted by Gasteiger charge is -2.21. The zero-order chi connectivity index (χ0) is 18.4. The van der Waals surface area contributed by atoms with Crippen LogP contribution in [0.4, 0.5) is 9.18 Å². The molecule has 1 aliphatic carbocycles. The lowest BCUT2D eigenvalue weighted by molar-refractivity contribution is -0.121. The van der Waals surface area contributed by atoms with Crippen molar-refractivity contribution < 1.29 is 18.4 Å². The molecule has 26 heavy (non-hydrogen) atoms. The molecule has 138 valence electrons. The van der Waals surface area contributed by atoms with Crippen LogP contribution in [0.25, 0.3) is 0 Å². The normalized spacial score (nSPS) is 13.6. The minimum Gasteiger partial charge on any atom is -0.467 e. The first-order chi connectivity index (χ1) is 12.6. The topological polar surface area (TPSA) is 74.6 Å². The van der Waals surface area contributed by atoms with Crippen molar-refractivity contribution >= 4 is 11.9 Å². The number of furan rings is 1. The van der Waals surface area contributed by atoms with Gasteiger partial charge < -0.3 is 9.73 Å². The Morgan fingerprint density at radius 1 is 1.23 bits per heavy atom. The van der Waals surface area contributed by atoms with E-state index in [4.69, 9.17) is 4.42 Å². The van der Waals surface area contributed by atoms with Crippen molar-refractivity contribution in [1.82, 2.24) is 15.5 Å². The highest BCUT2D eigenvalue weighted by molar-refractivity contribution is 5.95. The molecule has 1 saturated carbocycles. The summed E-state index contributed by atoms with van der Waals surface area (Å²) < 4.78 is 18.4. The minimum atomic E-state index is -0.549. The van der Waals surface area contributed by atoms with Gasteiger partial charge in [-0.15, -0.1) is 0 Å². The minimum absolute atomic E-state index is 0.147. The molecule has 2 N–H and O–H groups in total. The lowest BCUT2D eigenvalue weighted by atomic mass is 10.1. The molecule has 0 aliphatic heterocycles. The largest absolute Gasteiger partial charge is 0.467 e. The van der Waals surface area contributed by atoms with Crippen molar-refractivity contribution in [2.45, 2.75) is 31.8 Å². The molecule has 1 aromatic heterocycles. The monoisotopic (exact) mass is 359 g/mol. The smallest absolute Gasteiger partial charge is 0.321 e. The number of carbonyl (C=O) groups excluding carboxylic acids is 2. The lowest BCUT2D eigenvalue weighted by Crippen LogP contribution is -2.45. The number of hydrogen-bond donors (Lipinski definition) is 2. The summed E-state index contributed by atoms with van der Waals surface area (Å²) >= 11 is 0. The van der Waals surface area contributed by atoms with Gasteiger partial charge in [0.15, 0.2) is 0 Å². The predicted molar refractivity (Wildman–Crippen MR) is 93.8 cm³/mol. The van der Waals surface area contributed by atoms with E-state index in [1.54, 1.807) is 18.2 Å². The highest BCUT2D eigenvalue weighted by atomic mass is 19.1. The van der Waals surface area contributed by atoms with Gasteiger partial charge >= 0.3 is 6.03 Å². The zero-order valence-electron chi connectivity index (χ0n) is 14.4. The van der Waals surface area contributed by atoms with Crippen molar-refractivity contribution in [3.8, 4) is 0 Å². The first kappa shape index (κ1) is 18.1. The fourth-order valence-electron chi connectivity index (χ4n) is 2.77. The van der Waals surface area contributed by atoms with Gasteiger partial charge in [0.05, 0.1) is 19.4 Å². The summed E-state index contributed by atoms with van der Waals surface area (Å²) in [5.74, 6) is 0.00169. The highest BCUT2D eigenvalue weighted by Crippen LogP contribution is 2.26. The fourth-order valence-corrected chi connectivity index (χ4v) is 2.77. The van der Waals surface area contributed by atoms with Crippen molar-refractivity contribution in [1.29, 1.82) is 0 Å². The Morgan fingerprint density at radius 2 is 2.08 bits per heavy atom. The molecule has 3 rings (SSSR count). The van der Waals surface area contributed by atoms with E-state index < -0.39 is 6.03 Å². The van der Waals surface area contributed by atoms with E-state index >= 15 is 0 Å². The Bertz CT molecular complexity index is 744. The Hall–Kier alpha value is -2.67. The van der Waals surface area contributed by atoms with Crippen LogP contribution in [-0.4, -0.2) is 36.0 Å². The number of halogens is 1. The maximum atomic E-state index is 13.3. The van der Waals surface area contributed by atoms with Crippen molar-refractivity contribution in [3.05, 3.63) is 59.8 Å². The molecule has 2 aromatic rings. The number of carbonyl (C=O) groups is 2. The Kier molecular flexibility index (Phi) is 6.01. The number of nitrogens with zero attached hydrogens (tertiary/aromatic N) is 1. The molecule has 0 saturated heterocycles. The summed E-state index contributed by atoms with van der Waals surface area (Å²) in [5, 5.41) is 4.90. The molecule has 3 amide bonds. The first-order valence-corrected chi connectivity index (χ1v) is 8.69. The van der Waals surface area contributed by atoms with E-state index in [9.17, 15) is 14.0 Å². The number of rotatable bonds is 8. The van der Waals surface area contributed by atoms with E-state index in [-0.39, 0.29) is 24.8 Å². The summed E-state index contributed by atoms with van der Waals surface area (Å²) in [7, 11) is 0. The summed E-state index contributed by atoms with van der Waals surface area (Å²) in [5.41, 5.74) is 0.896. The number of amides is 3. The van der Waals surface area contributed by atoms with Crippen LogP contribution in [0.15, 0.2) is 47.1 Å². The van der Waals surface area contributed by atoms with Crippen molar-refractivity contribution in [2.75, 3.05) is 13.1 Å². The average molecular weight is 359 g/mol. The van der Waals surface area contributed by atoms with Gasteiger partial charge in [0, 0.05) is 12.6 Å². The van der Waals surface area contributed by atoms with E-state index in [0.717, 1.165) is 18.4 Å². The number of nitrogens with one attached hydrogen (secondary N) is 2. The molecule has 1 aromatic carbocycles. The molecule has 0 unspecified atom stereocenters. The van der Waals surface area contributed by atoms with Gasteiger partial charge in [-0.25, -0.2) is 9.18 Å². The molecule has 0 atom stereocenters. The molecule has 7 heteroatoms. The van der Waals surface area contributed by atoms with Gasteiger partial charge in [0.1, 0.15) is 11.6 Å². The molecule has 1 fully saturated rings. The number of urea groups is 1. The van der Waals surface area contributed by atoms with E-state index in [1.165, 1.54) is 18.4 Å². The Balaban J connectivity index is 1.43. The van der Waals surface area contributed by atoms with Crippen LogP contribution in [0.5, 0.6) is 0 Å². The molecular weight excluding hydrogens is 337 g/mol. The molecule has 6 nitrogen and oxygen atoms in total. The van der Waals surface area contributed by atoms with Gasteiger partial charge in [-0.2, -0.15) is 0 Å². The van der Waals surface area contributed by atoms with Crippen LogP contribution >= 0.6 is 0 Å². The van der Waals surface area contributed by atoms with Crippen LogP contribution < -0.4 is 10.6 Å². The van der Waals surface area contributed by atoms with Crippen molar-refractivity contribution in [3.63, 3.8) is 0 Å². The summed E-state index contributed by atoms with van der Waals surface area (Å²) in [6, 6.07) is 9.76. The zero-order valence-corrected chi connectivity index (χ0v) is 14.4. The number of benzene rings is 1. The number of imide groups is 1. The fraction of sp³-hybridized carbons (Fsp3) is 0.368. The Morgan fingerprint density at radius 3 is 2.77 bits per heavy atom. The maximum Gasteiger partial charge on any atom is 0.321 e. The van der Waals surface area contributed by atoms with Crippen LogP contribution in [0.1, 0.15) is 24.2 Å². The summed E-state index contributed by atoms with van der Waals surface area (Å²) in [4.78, 5) is 26.0. The summed E-state index contributed by atoms with van der Waals surface area (Å²) in [6.07, 6.45) is 4.26. The molecule has 0 spiro atoms. The third kappa shape index (κ3) is 5.70. The van der Waals surface area contributed by atoms with Gasteiger partial charge in [0.25, 0.3) is 0 Å². The van der Waals surface area contributed by atoms with Gasteiger partial charge in [-0.3, -0.25) is 15.0 Å². The third-order valence-electron chi connectivity index (χ3n) is 4.24. The molecular formula is C19H22FN3O3. The van der Waals surface area contributed by atoms with Crippen molar-refractivity contribution in [2.24, 2.45) is 0 Å². The van der Waals surface area contributed by atoms with Crippen LogP contribution in [0.3, 0.4) is 0 Å². The Labute approximate surface area is 151 Å². The molecule has 0 radical (unpaired) electrons. The van der Waals surface area contributed by atoms with Gasteiger partial charge in [-0.05, 0) is 49.1 Å². The first-order valence-electron chi connectivity index (χ1n) is 8.69. The van der Waals surface area contributed by atoms with E-state index in [1.807, 2.05) is 11.0 Å². The van der Waals surface area contributed by atoms with Crippen LogP contribution in [0, 0.1) is 5.82 Å². The van der Waals surface area contributed by atoms with E-state index in [2.05, 4.69) is 10.6 Å². The van der Waals surface area contributed by atoms with Gasteiger partial charge in [0.2, 0.25) is 5.91 Å². The molecule has 1 heterocycles. The summed E-state index contributed by atoms with van der Waals surface area (Å²) in [6.45, 7) is 1.02. The second-order valence-corrected chi connectivity index (χ2v) is 6.39. The van der Waals surface area contributed by atoms with Crippen LogP contribution in [0.2, 0.25) is 0 Å². The number of hydrogen-bond acceptors (Lipinski definition) is 4. The van der Waals surface area contributed by atoms with E-state index in [0.29, 0.717) is 24.8 Å².